The Morgan fingerprint density at radius 2 is 1.50 bits per heavy atom. The summed E-state index contributed by atoms with van der Waals surface area (Å²) in [5, 5.41) is 2.77. The van der Waals surface area contributed by atoms with Crippen LogP contribution in [-0.2, 0) is 4.79 Å². The minimum atomic E-state index is -0.561. The number of carbonyl (C=O) groups excluding carboxylic acids is 1. The molecule has 0 fully saturated rings. The van der Waals surface area contributed by atoms with Crippen LogP contribution in [0.3, 0.4) is 0 Å². The third kappa shape index (κ3) is 6.07. The van der Waals surface area contributed by atoms with Crippen LogP contribution in [0.2, 0.25) is 0 Å². The third-order valence-electron chi connectivity index (χ3n) is 1.87. The summed E-state index contributed by atoms with van der Waals surface area (Å²) >= 11 is 0. The number of amides is 1. The molecule has 1 rings (SSSR count). The number of primary amides is 1. The van der Waals surface area contributed by atoms with Gasteiger partial charge in [-0.2, -0.15) is 0 Å². The predicted octanol–water partition coefficient (Wildman–Crippen LogP) is 1.73. The highest BCUT2D eigenvalue weighted by molar-refractivity contribution is 5.91. The van der Waals surface area contributed by atoms with Gasteiger partial charge in [-0.25, -0.2) is 0 Å². The Bertz CT molecular complexity index is 477. The van der Waals surface area contributed by atoms with E-state index in [4.69, 9.17) is 5.73 Å². The first kappa shape index (κ1) is 13.4. The van der Waals surface area contributed by atoms with Gasteiger partial charge >= 0.3 is 0 Å². The number of hydrogen-bond donors (Lipinski definition) is 2. The van der Waals surface area contributed by atoms with Gasteiger partial charge in [-0.15, -0.1) is 0 Å². The largest absolute Gasteiger partial charge is 0.364 e. The van der Waals surface area contributed by atoms with E-state index in [2.05, 4.69) is 10.3 Å². The maximum atomic E-state index is 11.1. The zero-order chi connectivity index (χ0) is 13.1. The lowest BCUT2D eigenvalue weighted by molar-refractivity contribution is -0.114. The van der Waals surface area contributed by atoms with Crippen molar-refractivity contribution in [3.05, 3.63) is 72.8 Å². The Hall–Kier alpha value is -2.62. The molecule has 3 N–H and O–H groups in total. The highest BCUT2D eigenvalue weighted by atomic mass is 16.1. The summed E-state index contributed by atoms with van der Waals surface area (Å²) in [6.07, 6.45) is 21.2. The van der Waals surface area contributed by atoms with Gasteiger partial charge in [0.05, 0.1) is 6.20 Å². The zero-order valence-electron chi connectivity index (χ0n) is 9.86. The molecule has 92 valence electrons. The Labute approximate surface area is 106 Å². The second kappa shape index (κ2) is 8.52. The van der Waals surface area contributed by atoms with E-state index in [0.29, 0.717) is 0 Å². The van der Waals surface area contributed by atoms with Crippen molar-refractivity contribution in [1.29, 1.82) is 0 Å². The first-order chi connectivity index (χ1) is 8.80. The van der Waals surface area contributed by atoms with Crippen LogP contribution in [0.4, 0.5) is 0 Å². The molecular formula is C14H15N3O. The molecule has 1 heterocycles. The first-order valence-electron chi connectivity index (χ1n) is 5.42. The predicted molar refractivity (Wildman–Crippen MR) is 74.6 cm³/mol. The summed E-state index contributed by atoms with van der Waals surface area (Å²) in [5.74, 6) is -0.561. The summed E-state index contributed by atoms with van der Waals surface area (Å²) in [6, 6.07) is 0. The van der Waals surface area contributed by atoms with E-state index >= 15 is 0 Å². The molecule has 0 aromatic carbocycles. The van der Waals surface area contributed by atoms with Gasteiger partial charge in [0, 0.05) is 12.4 Å². The smallest absolute Gasteiger partial charge is 0.266 e. The van der Waals surface area contributed by atoms with Crippen molar-refractivity contribution in [1.82, 2.24) is 5.32 Å². The van der Waals surface area contributed by atoms with Crippen LogP contribution in [0.15, 0.2) is 77.8 Å². The van der Waals surface area contributed by atoms with Gasteiger partial charge in [0.2, 0.25) is 0 Å². The minimum absolute atomic E-state index is 0.227. The molecule has 1 aliphatic heterocycles. The number of nitrogens with two attached hydrogens (primary N) is 1. The number of allylic oxidation sites excluding steroid dienone is 9. The fraction of sp³-hybridized carbons (Fsp3) is 0. The summed E-state index contributed by atoms with van der Waals surface area (Å²) in [7, 11) is 0. The summed E-state index contributed by atoms with van der Waals surface area (Å²) in [4.78, 5) is 15.0. The van der Waals surface area contributed by atoms with Crippen molar-refractivity contribution in [3.63, 3.8) is 0 Å². The maximum Gasteiger partial charge on any atom is 0.266 e. The fourth-order valence-electron chi connectivity index (χ4n) is 1.03. The summed E-state index contributed by atoms with van der Waals surface area (Å²) < 4.78 is 0. The Morgan fingerprint density at radius 1 is 0.944 bits per heavy atom. The number of nitrogens with zero attached hydrogens (tertiary/aromatic N) is 1. The molecule has 0 unspecified atom stereocenters. The Kier molecular flexibility index (Phi) is 6.37. The SMILES string of the molecule is NC(=O)C1=CN=CC=CC=CC=CC=CC=CN1. The quantitative estimate of drug-likeness (QED) is 0.734. The molecule has 18 heavy (non-hydrogen) atoms. The van der Waals surface area contributed by atoms with Crippen molar-refractivity contribution < 1.29 is 4.79 Å². The van der Waals surface area contributed by atoms with E-state index < -0.39 is 5.91 Å². The van der Waals surface area contributed by atoms with Gasteiger partial charge in [-0.3, -0.25) is 9.79 Å². The Balaban J connectivity index is 2.86. The van der Waals surface area contributed by atoms with Crippen LogP contribution >= 0.6 is 0 Å². The number of nitrogens with one attached hydrogen (secondary N) is 1. The second-order valence-corrected chi connectivity index (χ2v) is 3.25. The van der Waals surface area contributed by atoms with Crippen molar-refractivity contribution >= 4 is 12.1 Å². The Morgan fingerprint density at radius 3 is 2.11 bits per heavy atom. The van der Waals surface area contributed by atoms with Crippen LogP contribution in [0, 0.1) is 0 Å². The van der Waals surface area contributed by atoms with Crippen molar-refractivity contribution in [2.75, 3.05) is 0 Å². The third-order valence-corrected chi connectivity index (χ3v) is 1.87. The number of carbonyl (C=O) groups is 1. The lowest BCUT2D eigenvalue weighted by atomic mass is 10.4. The highest BCUT2D eigenvalue weighted by Crippen LogP contribution is 1.90. The molecule has 1 amide bonds. The van der Waals surface area contributed by atoms with Gasteiger partial charge in [-0.1, -0.05) is 42.5 Å². The molecule has 4 heteroatoms. The number of hydrogen-bond acceptors (Lipinski definition) is 3. The highest BCUT2D eigenvalue weighted by Gasteiger charge is 1.99. The average Bonchev–Trinajstić information content (AvgIpc) is 2.36. The fourth-order valence-corrected chi connectivity index (χ4v) is 1.03. The van der Waals surface area contributed by atoms with Crippen molar-refractivity contribution in [2.24, 2.45) is 10.7 Å². The molecule has 0 saturated carbocycles. The van der Waals surface area contributed by atoms with Crippen molar-refractivity contribution in [2.45, 2.75) is 0 Å². The van der Waals surface area contributed by atoms with E-state index in [9.17, 15) is 4.79 Å². The van der Waals surface area contributed by atoms with E-state index in [0.717, 1.165) is 0 Å². The standard InChI is InChI=1S/C14H15N3O/c15-14(18)13-12-16-10-8-6-4-2-1-3-5-7-9-11-17-13/h1-12,17H,(H2,15,18). The molecule has 4 nitrogen and oxygen atoms in total. The minimum Gasteiger partial charge on any atom is -0.364 e. The van der Waals surface area contributed by atoms with E-state index in [1.54, 1.807) is 24.6 Å². The molecule has 0 saturated heterocycles. The second-order valence-electron chi connectivity index (χ2n) is 3.25. The van der Waals surface area contributed by atoms with Gasteiger partial charge in [-0.05, 0) is 12.2 Å². The summed E-state index contributed by atoms with van der Waals surface area (Å²) in [5.41, 5.74) is 5.42. The summed E-state index contributed by atoms with van der Waals surface area (Å²) in [6.45, 7) is 0. The topological polar surface area (TPSA) is 67.5 Å². The molecule has 0 spiro atoms. The van der Waals surface area contributed by atoms with E-state index in [1.807, 2.05) is 42.5 Å². The number of aliphatic imine (C=N–C) groups is 1. The first-order valence-corrected chi connectivity index (χ1v) is 5.42. The normalized spacial score (nSPS) is 15.7. The van der Waals surface area contributed by atoms with Gasteiger partial charge < -0.3 is 11.1 Å². The average molecular weight is 241 g/mol. The molecule has 0 aromatic rings. The monoisotopic (exact) mass is 241 g/mol. The van der Waals surface area contributed by atoms with E-state index in [-0.39, 0.29) is 5.70 Å². The van der Waals surface area contributed by atoms with E-state index in [1.165, 1.54) is 6.20 Å². The van der Waals surface area contributed by atoms with Gasteiger partial charge in [0.25, 0.3) is 5.91 Å². The van der Waals surface area contributed by atoms with Gasteiger partial charge in [0.1, 0.15) is 5.70 Å². The van der Waals surface area contributed by atoms with Gasteiger partial charge in [0.15, 0.2) is 0 Å². The number of rotatable bonds is 1. The molecule has 0 aromatic heterocycles. The molecule has 1 aliphatic rings. The molecule has 0 bridgehead atoms. The van der Waals surface area contributed by atoms with Crippen LogP contribution < -0.4 is 11.1 Å². The van der Waals surface area contributed by atoms with Crippen LogP contribution in [0.5, 0.6) is 0 Å². The molecular weight excluding hydrogens is 226 g/mol. The molecule has 0 radical (unpaired) electrons. The maximum absolute atomic E-state index is 11.1. The molecule has 0 aliphatic carbocycles. The lowest BCUT2D eigenvalue weighted by Crippen LogP contribution is -2.22. The molecule has 0 atom stereocenters. The lowest BCUT2D eigenvalue weighted by Gasteiger charge is -1.99. The van der Waals surface area contributed by atoms with Crippen molar-refractivity contribution in [3.8, 4) is 0 Å². The van der Waals surface area contributed by atoms with Crippen LogP contribution in [-0.4, -0.2) is 12.1 Å². The van der Waals surface area contributed by atoms with Crippen LogP contribution in [0.25, 0.3) is 0 Å². The van der Waals surface area contributed by atoms with Crippen LogP contribution in [0.1, 0.15) is 0 Å². The zero-order valence-corrected chi connectivity index (χ0v) is 9.86.